The number of hydrogen-bond donors (Lipinski definition) is 0. The van der Waals surface area contributed by atoms with E-state index in [9.17, 15) is 29.8 Å². The van der Waals surface area contributed by atoms with Crippen LogP contribution in [-0.4, -0.2) is 36.0 Å². The van der Waals surface area contributed by atoms with Crippen molar-refractivity contribution in [2.75, 3.05) is 14.2 Å². The fourth-order valence-electron chi connectivity index (χ4n) is 2.72. The van der Waals surface area contributed by atoms with E-state index < -0.39 is 21.8 Å². The summed E-state index contributed by atoms with van der Waals surface area (Å²) in [5.74, 6) is 20.2. The molecule has 40 heavy (non-hydrogen) atoms. The van der Waals surface area contributed by atoms with Gasteiger partial charge in [0.2, 0.25) is 0 Å². The number of carbonyl (C=O) groups is 2. The second-order valence-corrected chi connectivity index (χ2v) is 9.42. The van der Waals surface area contributed by atoms with Crippen LogP contribution in [0.5, 0.6) is 0 Å². The maximum absolute atomic E-state index is 12.2. The van der Waals surface area contributed by atoms with Gasteiger partial charge in [-0.1, -0.05) is 35.4 Å². The van der Waals surface area contributed by atoms with Gasteiger partial charge in [0, 0.05) is 35.4 Å². The number of hydrogen-bond acceptors (Lipinski definition) is 10. The lowest BCUT2D eigenvalue weighted by Crippen LogP contribution is -2.08. The third kappa shape index (κ3) is 7.80. The van der Waals surface area contributed by atoms with Crippen molar-refractivity contribution in [1.82, 2.24) is 0 Å². The molecule has 0 atom stereocenters. The number of esters is 2. The highest BCUT2D eigenvalue weighted by Crippen LogP contribution is 2.51. The number of nitro benzene ring substituents is 2. The molecule has 1 heterocycles. The second kappa shape index (κ2) is 13.9. The number of rotatable bonds is 4. The van der Waals surface area contributed by atoms with E-state index in [1.807, 2.05) is 0 Å². The molecule has 0 radical (unpaired) electrons. The smallest absolute Gasteiger partial charge is 0.346 e. The Morgan fingerprint density at radius 2 is 1.05 bits per heavy atom. The molecule has 0 saturated carbocycles. The van der Waals surface area contributed by atoms with Crippen molar-refractivity contribution in [2.24, 2.45) is 0 Å². The van der Waals surface area contributed by atoms with Gasteiger partial charge in [0.1, 0.15) is 9.81 Å². The summed E-state index contributed by atoms with van der Waals surface area (Å²) >= 11 is 1.88. The quantitative estimate of drug-likeness (QED) is 0.228. The van der Waals surface area contributed by atoms with Crippen molar-refractivity contribution in [3.63, 3.8) is 0 Å². The number of nitro groups is 2. The topological polar surface area (TPSA) is 139 Å². The number of thioether (sulfide) groups is 2. The highest BCUT2D eigenvalue weighted by Gasteiger charge is 2.33. The van der Waals surface area contributed by atoms with Gasteiger partial charge in [-0.15, -0.1) is 0 Å². The molecule has 0 saturated heterocycles. The number of allylic oxidation sites excluding steroid dienone is 1. The molecule has 0 aromatic heterocycles. The Morgan fingerprint density at radius 3 is 1.38 bits per heavy atom. The number of methoxy groups -OCH3 is 2. The van der Waals surface area contributed by atoms with Crippen molar-refractivity contribution in [1.29, 1.82) is 0 Å². The summed E-state index contributed by atoms with van der Waals surface area (Å²) in [6.45, 7) is 0. The van der Waals surface area contributed by atoms with Gasteiger partial charge in [-0.25, -0.2) is 9.59 Å². The molecule has 3 rings (SSSR count). The molecular formula is C28H14N2O8S2. The summed E-state index contributed by atoms with van der Waals surface area (Å²) in [5, 5.41) is 21.6. The Balaban J connectivity index is 1.95. The molecule has 0 unspecified atom stereocenters. The van der Waals surface area contributed by atoms with E-state index in [2.05, 4.69) is 47.4 Å². The zero-order chi connectivity index (χ0) is 29.1. The lowest BCUT2D eigenvalue weighted by atomic mass is 10.2. The maximum atomic E-state index is 12.2. The summed E-state index contributed by atoms with van der Waals surface area (Å²) in [6.07, 6.45) is 0. The zero-order valence-electron chi connectivity index (χ0n) is 20.6. The number of ether oxygens (including phenoxy) is 2. The van der Waals surface area contributed by atoms with E-state index >= 15 is 0 Å². The highest BCUT2D eigenvalue weighted by molar-refractivity contribution is 8.29. The van der Waals surface area contributed by atoms with Crippen LogP contribution in [0.2, 0.25) is 0 Å². The Hall–Kier alpha value is -5.40. The normalized spacial score (nSPS) is 11.2. The molecule has 1 aliphatic heterocycles. The van der Waals surface area contributed by atoms with Crippen molar-refractivity contribution in [3.8, 4) is 47.4 Å². The third-order valence-corrected chi connectivity index (χ3v) is 7.17. The van der Waals surface area contributed by atoms with Crippen LogP contribution < -0.4 is 0 Å². The van der Waals surface area contributed by atoms with Crippen molar-refractivity contribution < 1.29 is 28.9 Å². The molecular weight excluding hydrogens is 556 g/mol. The number of non-ortho nitro benzene ring substituents is 2. The Labute approximate surface area is 236 Å². The molecule has 0 bridgehead atoms. The van der Waals surface area contributed by atoms with E-state index in [1.54, 1.807) is 0 Å². The van der Waals surface area contributed by atoms with Gasteiger partial charge < -0.3 is 9.47 Å². The summed E-state index contributed by atoms with van der Waals surface area (Å²) < 4.78 is 9.93. The standard InChI is InChI=1S/C28H14N2O8S2/c1-37-26(31)24-25(27(32)38-2)40-28(39-24)21(9-5-3-7-19-11-15-22(16-12-19)29(33)34)10-6-4-8-20-13-17-23(18-14-20)30(35)36/h11-18H,1-2H3. The lowest BCUT2D eigenvalue weighted by Gasteiger charge is -2.00. The van der Waals surface area contributed by atoms with Crippen LogP contribution in [0.1, 0.15) is 11.1 Å². The number of benzene rings is 2. The molecule has 1 aliphatic rings. The van der Waals surface area contributed by atoms with E-state index in [-0.39, 0.29) is 26.8 Å². The molecule has 2 aromatic carbocycles. The SMILES string of the molecule is COC(=O)C1=C(C(=O)OC)SC(=C(C#CC#Cc2ccc([N+](=O)[O-])cc2)C#CC#Cc2ccc([N+](=O)[O-])cc2)S1. The first kappa shape index (κ1) is 29.2. The first-order valence-corrected chi connectivity index (χ1v) is 12.4. The predicted octanol–water partition coefficient (Wildman–Crippen LogP) is 4.16. The first-order valence-electron chi connectivity index (χ1n) is 10.8. The fourth-order valence-corrected chi connectivity index (χ4v) is 5.10. The fraction of sp³-hybridized carbons (Fsp3) is 0.0714. The maximum Gasteiger partial charge on any atom is 0.346 e. The van der Waals surface area contributed by atoms with Gasteiger partial charge in [0.25, 0.3) is 11.4 Å². The van der Waals surface area contributed by atoms with Gasteiger partial charge in [-0.2, -0.15) is 0 Å². The Kier molecular flexibility index (Phi) is 10.2. The van der Waals surface area contributed by atoms with Gasteiger partial charge in [-0.05, 0) is 59.8 Å². The minimum absolute atomic E-state index is 0.0179. The molecule has 0 N–H and O–H groups in total. The van der Waals surface area contributed by atoms with Gasteiger partial charge >= 0.3 is 11.9 Å². The van der Waals surface area contributed by atoms with Crippen LogP contribution in [-0.2, 0) is 19.1 Å². The summed E-state index contributed by atoms with van der Waals surface area (Å²) in [7, 11) is 2.36. The molecule has 0 spiro atoms. The van der Waals surface area contributed by atoms with E-state index in [4.69, 9.17) is 9.47 Å². The number of carbonyl (C=O) groups excluding carboxylic acids is 2. The molecule has 0 amide bonds. The molecule has 12 heteroatoms. The third-order valence-electron chi connectivity index (χ3n) is 4.61. The summed E-state index contributed by atoms with van der Waals surface area (Å²) in [5.41, 5.74) is 1.08. The zero-order valence-corrected chi connectivity index (χ0v) is 22.2. The monoisotopic (exact) mass is 570 g/mol. The summed E-state index contributed by atoms with van der Waals surface area (Å²) in [4.78, 5) is 45.1. The van der Waals surface area contributed by atoms with Crippen LogP contribution in [0.25, 0.3) is 0 Å². The minimum Gasteiger partial charge on any atom is -0.465 e. The molecule has 0 fully saturated rings. The molecule has 0 aliphatic carbocycles. The molecule has 2 aromatic rings. The van der Waals surface area contributed by atoms with E-state index in [0.717, 1.165) is 23.5 Å². The van der Waals surface area contributed by atoms with Crippen LogP contribution in [0.15, 0.2) is 68.2 Å². The Morgan fingerprint density at radius 1 is 0.675 bits per heavy atom. The van der Waals surface area contributed by atoms with Gasteiger partial charge in [0.05, 0.1) is 33.9 Å². The van der Waals surface area contributed by atoms with Gasteiger partial charge in [-0.3, -0.25) is 20.2 Å². The average molecular weight is 571 g/mol. The van der Waals surface area contributed by atoms with Crippen LogP contribution >= 0.6 is 23.5 Å². The molecule has 196 valence electrons. The lowest BCUT2D eigenvalue weighted by molar-refractivity contribution is -0.385. The van der Waals surface area contributed by atoms with Crippen LogP contribution in [0, 0.1) is 67.6 Å². The second-order valence-electron chi connectivity index (χ2n) is 7.12. The number of nitrogens with zero attached hydrogens (tertiary/aromatic N) is 2. The minimum atomic E-state index is -0.732. The van der Waals surface area contributed by atoms with Crippen molar-refractivity contribution in [3.05, 3.63) is 99.5 Å². The van der Waals surface area contributed by atoms with E-state index in [0.29, 0.717) is 15.4 Å². The predicted molar refractivity (Wildman–Crippen MR) is 149 cm³/mol. The van der Waals surface area contributed by atoms with Crippen LogP contribution in [0.3, 0.4) is 0 Å². The van der Waals surface area contributed by atoms with Gasteiger partial charge in [0.15, 0.2) is 0 Å². The summed E-state index contributed by atoms with van der Waals surface area (Å²) in [6, 6.07) is 11.2. The Bertz CT molecular complexity index is 1590. The van der Waals surface area contributed by atoms with Crippen molar-refractivity contribution in [2.45, 2.75) is 0 Å². The largest absolute Gasteiger partial charge is 0.465 e. The molecule has 10 nitrogen and oxygen atoms in total. The van der Waals surface area contributed by atoms with E-state index in [1.165, 1.54) is 62.8 Å². The van der Waals surface area contributed by atoms with Crippen molar-refractivity contribution >= 4 is 46.8 Å². The first-order chi connectivity index (χ1) is 19.2. The highest BCUT2D eigenvalue weighted by atomic mass is 32.2. The average Bonchev–Trinajstić information content (AvgIpc) is 3.41. The van der Waals surface area contributed by atoms with Crippen LogP contribution in [0.4, 0.5) is 11.4 Å².